The SMILES string of the molecule is Cc1ccccc1C#Cc1cc(OCCN(C)C)cc(C#Cc2ccccc2NC(N)=O)n1. The average molecular weight is 439 g/mol. The molecule has 6 heteroatoms. The van der Waals surface area contributed by atoms with Crippen LogP contribution in [-0.2, 0) is 0 Å². The molecule has 6 nitrogen and oxygen atoms in total. The fourth-order valence-corrected chi connectivity index (χ4v) is 2.87. The van der Waals surface area contributed by atoms with Gasteiger partial charge in [0.05, 0.1) is 5.69 Å². The van der Waals surface area contributed by atoms with Gasteiger partial charge < -0.3 is 20.7 Å². The van der Waals surface area contributed by atoms with E-state index in [0.29, 0.717) is 35.0 Å². The van der Waals surface area contributed by atoms with Crippen molar-refractivity contribution < 1.29 is 9.53 Å². The van der Waals surface area contributed by atoms with Gasteiger partial charge in [0.1, 0.15) is 23.7 Å². The van der Waals surface area contributed by atoms with Crippen molar-refractivity contribution in [1.29, 1.82) is 0 Å². The summed E-state index contributed by atoms with van der Waals surface area (Å²) in [6.07, 6.45) is 0. The van der Waals surface area contributed by atoms with Gasteiger partial charge in [-0.3, -0.25) is 0 Å². The molecule has 166 valence electrons. The van der Waals surface area contributed by atoms with E-state index in [9.17, 15) is 4.79 Å². The molecule has 0 atom stereocenters. The van der Waals surface area contributed by atoms with Gasteiger partial charge in [-0.15, -0.1) is 0 Å². The summed E-state index contributed by atoms with van der Waals surface area (Å²) in [5.74, 6) is 13.1. The molecule has 2 aromatic carbocycles. The number of amides is 2. The number of likely N-dealkylation sites (N-methyl/N-ethyl adjacent to an activating group) is 1. The van der Waals surface area contributed by atoms with Crippen LogP contribution in [0.1, 0.15) is 28.1 Å². The molecule has 0 saturated carbocycles. The summed E-state index contributed by atoms with van der Waals surface area (Å²) in [4.78, 5) is 17.9. The number of rotatable bonds is 5. The van der Waals surface area contributed by atoms with E-state index in [-0.39, 0.29) is 0 Å². The van der Waals surface area contributed by atoms with Gasteiger partial charge in [-0.25, -0.2) is 9.78 Å². The maximum atomic E-state index is 11.3. The third-order valence-corrected chi connectivity index (χ3v) is 4.59. The van der Waals surface area contributed by atoms with Crippen LogP contribution in [0.4, 0.5) is 10.5 Å². The zero-order valence-corrected chi connectivity index (χ0v) is 19.0. The number of carbonyl (C=O) groups excluding carboxylic acids is 1. The Hall–Kier alpha value is -4.26. The highest BCUT2D eigenvalue weighted by molar-refractivity contribution is 5.89. The number of urea groups is 1. The molecule has 33 heavy (non-hydrogen) atoms. The molecule has 0 spiro atoms. The third-order valence-electron chi connectivity index (χ3n) is 4.59. The minimum absolute atomic E-state index is 0.514. The first-order valence-corrected chi connectivity index (χ1v) is 10.5. The summed E-state index contributed by atoms with van der Waals surface area (Å²) in [6, 6.07) is 18.1. The van der Waals surface area contributed by atoms with Gasteiger partial charge >= 0.3 is 6.03 Å². The standard InChI is InChI=1S/C27H26N4O2/c1-20-8-4-5-9-21(20)12-14-23-18-25(33-17-16-31(2)3)19-24(29-23)15-13-22-10-6-7-11-26(22)30-27(28)32/h4-11,18-19H,16-17H2,1-3H3,(H3,28,30,32). The van der Waals surface area contributed by atoms with Crippen LogP contribution >= 0.6 is 0 Å². The number of anilines is 1. The van der Waals surface area contributed by atoms with Gasteiger partial charge in [-0.1, -0.05) is 42.2 Å². The van der Waals surface area contributed by atoms with E-state index in [1.54, 1.807) is 24.3 Å². The molecule has 3 rings (SSSR count). The predicted molar refractivity (Wildman–Crippen MR) is 131 cm³/mol. The van der Waals surface area contributed by atoms with Crippen molar-refractivity contribution in [2.75, 3.05) is 32.6 Å². The van der Waals surface area contributed by atoms with E-state index < -0.39 is 6.03 Å². The Morgan fingerprint density at radius 2 is 1.58 bits per heavy atom. The number of carbonyl (C=O) groups is 1. The van der Waals surface area contributed by atoms with E-state index in [0.717, 1.165) is 17.7 Å². The second-order valence-electron chi connectivity index (χ2n) is 7.57. The van der Waals surface area contributed by atoms with Gasteiger partial charge in [0, 0.05) is 29.8 Å². The molecule has 3 aromatic rings. The van der Waals surface area contributed by atoms with E-state index in [1.807, 2.05) is 62.3 Å². The molecule has 0 aliphatic rings. The summed E-state index contributed by atoms with van der Waals surface area (Å²) < 4.78 is 5.91. The van der Waals surface area contributed by atoms with Crippen molar-refractivity contribution in [3.63, 3.8) is 0 Å². The Bertz CT molecular complexity index is 1260. The lowest BCUT2D eigenvalue weighted by Crippen LogP contribution is -2.19. The number of aromatic nitrogens is 1. The highest BCUT2D eigenvalue weighted by atomic mass is 16.5. The summed E-state index contributed by atoms with van der Waals surface area (Å²) in [5.41, 5.74) is 9.54. The van der Waals surface area contributed by atoms with Crippen molar-refractivity contribution in [1.82, 2.24) is 9.88 Å². The summed E-state index contributed by atoms with van der Waals surface area (Å²) in [7, 11) is 3.98. The number of nitrogens with zero attached hydrogens (tertiary/aromatic N) is 2. The molecule has 1 heterocycles. The first-order chi connectivity index (χ1) is 15.9. The van der Waals surface area contributed by atoms with Crippen molar-refractivity contribution >= 4 is 11.7 Å². The number of nitrogens with two attached hydrogens (primary N) is 1. The Balaban J connectivity index is 1.95. The highest BCUT2D eigenvalue weighted by Gasteiger charge is 2.04. The number of pyridine rings is 1. The maximum absolute atomic E-state index is 11.3. The fraction of sp³-hybridized carbons (Fsp3) is 0.185. The van der Waals surface area contributed by atoms with E-state index in [2.05, 4.69) is 34.0 Å². The van der Waals surface area contributed by atoms with E-state index in [4.69, 9.17) is 10.5 Å². The van der Waals surface area contributed by atoms with E-state index >= 15 is 0 Å². The fourth-order valence-electron chi connectivity index (χ4n) is 2.87. The molecule has 0 aliphatic carbocycles. The molecule has 0 radical (unpaired) electrons. The summed E-state index contributed by atoms with van der Waals surface area (Å²) >= 11 is 0. The quantitative estimate of drug-likeness (QED) is 0.597. The Kier molecular flexibility index (Phi) is 8.07. The number of hydrogen-bond donors (Lipinski definition) is 2. The average Bonchev–Trinajstić information content (AvgIpc) is 2.77. The number of para-hydroxylation sites is 1. The Morgan fingerprint density at radius 1 is 0.970 bits per heavy atom. The van der Waals surface area contributed by atoms with Crippen LogP contribution in [0.25, 0.3) is 0 Å². The van der Waals surface area contributed by atoms with Crippen LogP contribution in [0.5, 0.6) is 5.75 Å². The maximum Gasteiger partial charge on any atom is 0.316 e. The van der Waals surface area contributed by atoms with Gasteiger partial charge in [0.15, 0.2) is 0 Å². The number of benzene rings is 2. The van der Waals surface area contributed by atoms with Gasteiger partial charge in [0.25, 0.3) is 0 Å². The van der Waals surface area contributed by atoms with Gasteiger partial charge in [-0.2, -0.15) is 0 Å². The number of aryl methyl sites for hydroxylation is 1. The lowest BCUT2D eigenvalue weighted by molar-refractivity contribution is 0.259. The van der Waals surface area contributed by atoms with Crippen LogP contribution in [0.3, 0.4) is 0 Å². The predicted octanol–water partition coefficient (Wildman–Crippen LogP) is 3.62. The molecule has 0 saturated heterocycles. The molecule has 1 aromatic heterocycles. The minimum Gasteiger partial charge on any atom is -0.492 e. The zero-order valence-electron chi connectivity index (χ0n) is 19.0. The van der Waals surface area contributed by atoms with Crippen LogP contribution < -0.4 is 15.8 Å². The number of ether oxygens (including phenoxy) is 1. The first-order valence-electron chi connectivity index (χ1n) is 10.5. The molecule has 0 aliphatic heterocycles. The largest absolute Gasteiger partial charge is 0.492 e. The first kappa shape index (κ1) is 23.4. The lowest BCUT2D eigenvalue weighted by Gasteiger charge is -2.11. The van der Waals surface area contributed by atoms with Gasteiger partial charge in [-0.05, 0) is 56.6 Å². The topological polar surface area (TPSA) is 80.5 Å². The van der Waals surface area contributed by atoms with Crippen molar-refractivity contribution in [2.45, 2.75) is 6.92 Å². The molecular formula is C27H26N4O2. The van der Waals surface area contributed by atoms with Crippen LogP contribution in [0.2, 0.25) is 0 Å². The van der Waals surface area contributed by atoms with Crippen LogP contribution in [0, 0.1) is 30.6 Å². The molecule has 0 unspecified atom stereocenters. The van der Waals surface area contributed by atoms with Gasteiger partial charge in [0.2, 0.25) is 0 Å². The summed E-state index contributed by atoms with van der Waals surface area (Å²) in [6.45, 7) is 3.33. The molecular weight excluding hydrogens is 412 g/mol. The van der Waals surface area contributed by atoms with E-state index in [1.165, 1.54) is 0 Å². The van der Waals surface area contributed by atoms with Crippen molar-refractivity contribution in [3.05, 3.63) is 88.7 Å². The molecule has 0 bridgehead atoms. The number of primary amides is 1. The smallest absolute Gasteiger partial charge is 0.316 e. The lowest BCUT2D eigenvalue weighted by atomic mass is 10.1. The zero-order chi connectivity index (χ0) is 23.6. The monoisotopic (exact) mass is 438 g/mol. The summed E-state index contributed by atoms with van der Waals surface area (Å²) in [5, 5.41) is 2.58. The Morgan fingerprint density at radius 3 is 2.21 bits per heavy atom. The number of nitrogens with one attached hydrogen (secondary N) is 1. The van der Waals surface area contributed by atoms with Crippen LogP contribution in [0.15, 0.2) is 60.7 Å². The second kappa shape index (κ2) is 11.4. The normalized spacial score (nSPS) is 9.94. The second-order valence-corrected chi connectivity index (χ2v) is 7.57. The number of hydrogen-bond acceptors (Lipinski definition) is 4. The molecule has 2 amide bonds. The molecule has 0 fully saturated rings. The minimum atomic E-state index is -0.646. The van der Waals surface area contributed by atoms with Crippen molar-refractivity contribution in [3.8, 4) is 29.4 Å². The highest BCUT2D eigenvalue weighted by Crippen LogP contribution is 2.16. The van der Waals surface area contributed by atoms with Crippen LogP contribution in [-0.4, -0.2) is 43.2 Å². The third kappa shape index (κ3) is 7.43. The van der Waals surface area contributed by atoms with Crippen molar-refractivity contribution in [2.24, 2.45) is 5.73 Å². The molecule has 3 N–H and O–H groups in total. The Labute approximate surface area is 194 Å².